The SMILES string of the molecule is CCC(CC)C(C)NC(=O)N1CCCC(CC)(C(=O)O)C1. The van der Waals surface area contributed by atoms with Gasteiger partial charge in [0.2, 0.25) is 0 Å². The van der Waals surface area contributed by atoms with Crippen LogP contribution < -0.4 is 5.32 Å². The molecular formula is C16H30N2O3. The molecule has 0 aromatic rings. The molecular weight excluding hydrogens is 268 g/mol. The van der Waals surface area contributed by atoms with E-state index in [9.17, 15) is 14.7 Å². The Morgan fingerprint density at radius 1 is 1.29 bits per heavy atom. The molecule has 2 unspecified atom stereocenters. The van der Waals surface area contributed by atoms with Crippen LogP contribution in [0, 0.1) is 11.3 Å². The predicted molar refractivity (Wildman–Crippen MR) is 83.2 cm³/mol. The molecule has 0 aliphatic carbocycles. The fourth-order valence-electron chi connectivity index (χ4n) is 3.32. The number of urea groups is 1. The highest BCUT2D eigenvalue weighted by Gasteiger charge is 2.42. The molecule has 0 aromatic carbocycles. The molecule has 0 radical (unpaired) electrons. The second-order valence-electron chi connectivity index (χ2n) is 6.28. The third kappa shape index (κ3) is 4.11. The van der Waals surface area contributed by atoms with E-state index in [4.69, 9.17) is 0 Å². The van der Waals surface area contributed by atoms with E-state index in [1.165, 1.54) is 0 Å². The molecule has 0 aromatic heterocycles. The van der Waals surface area contributed by atoms with Gasteiger partial charge in [-0.3, -0.25) is 4.79 Å². The molecule has 2 atom stereocenters. The molecule has 21 heavy (non-hydrogen) atoms. The number of likely N-dealkylation sites (tertiary alicyclic amines) is 1. The van der Waals surface area contributed by atoms with Crippen LogP contribution in [0.1, 0.15) is 59.8 Å². The maximum absolute atomic E-state index is 12.4. The molecule has 5 heteroatoms. The number of carbonyl (C=O) groups is 2. The first-order valence-corrected chi connectivity index (χ1v) is 8.19. The van der Waals surface area contributed by atoms with E-state index in [2.05, 4.69) is 19.2 Å². The Kier molecular flexibility index (Phi) is 6.49. The standard InChI is InChI=1S/C16H30N2O3/c1-5-13(6-2)12(4)17-15(21)18-10-8-9-16(7-3,11-18)14(19)20/h12-13H,5-11H2,1-4H3,(H,17,21)(H,19,20). The van der Waals surface area contributed by atoms with E-state index in [0.717, 1.165) is 19.3 Å². The summed E-state index contributed by atoms with van der Waals surface area (Å²) in [5.74, 6) is -0.315. The van der Waals surface area contributed by atoms with E-state index >= 15 is 0 Å². The van der Waals surface area contributed by atoms with Crippen LogP contribution in [0.3, 0.4) is 0 Å². The van der Waals surface area contributed by atoms with Gasteiger partial charge >= 0.3 is 12.0 Å². The first kappa shape index (κ1) is 17.8. The number of nitrogens with one attached hydrogen (secondary N) is 1. The average Bonchev–Trinajstić information content (AvgIpc) is 2.48. The van der Waals surface area contributed by atoms with Gasteiger partial charge in [0.05, 0.1) is 5.41 Å². The van der Waals surface area contributed by atoms with Crippen molar-refractivity contribution in [2.24, 2.45) is 11.3 Å². The van der Waals surface area contributed by atoms with Crippen molar-refractivity contribution in [3.8, 4) is 0 Å². The molecule has 5 nitrogen and oxygen atoms in total. The lowest BCUT2D eigenvalue weighted by Gasteiger charge is -2.40. The number of rotatable bonds is 6. The zero-order valence-corrected chi connectivity index (χ0v) is 13.8. The van der Waals surface area contributed by atoms with E-state index in [-0.39, 0.29) is 12.1 Å². The summed E-state index contributed by atoms with van der Waals surface area (Å²) in [4.78, 5) is 25.6. The lowest BCUT2D eigenvalue weighted by atomic mass is 9.78. The molecule has 0 spiro atoms. The monoisotopic (exact) mass is 298 g/mol. The molecule has 1 aliphatic heterocycles. The summed E-state index contributed by atoms with van der Waals surface area (Å²) < 4.78 is 0. The molecule has 1 heterocycles. The van der Waals surface area contributed by atoms with Gasteiger partial charge < -0.3 is 15.3 Å². The van der Waals surface area contributed by atoms with Crippen molar-refractivity contribution >= 4 is 12.0 Å². The summed E-state index contributed by atoms with van der Waals surface area (Å²) in [5, 5.41) is 12.5. The Morgan fingerprint density at radius 2 is 1.90 bits per heavy atom. The van der Waals surface area contributed by atoms with Gasteiger partial charge in [-0.25, -0.2) is 4.79 Å². The molecule has 1 saturated heterocycles. The van der Waals surface area contributed by atoms with Gasteiger partial charge in [-0.2, -0.15) is 0 Å². The molecule has 1 rings (SSSR count). The van der Waals surface area contributed by atoms with Crippen LogP contribution in [0.25, 0.3) is 0 Å². The highest BCUT2D eigenvalue weighted by molar-refractivity contribution is 5.79. The Morgan fingerprint density at radius 3 is 2.38 bits per heavy atom. The fourth-order valence-corrected chi connectivity index (χ4v) is 3.32. The van der Waals surface area contributed by atoms with Crippen molar-refractivity contribution in [3.63, 3.8) is 0 Å². The highest BCUT2D eigenvalue weighted by atomic mass is 16.4. The molecule has 1 fully saturated rings. The van der Waals surface area contributed by atoms with Gasteiger partial charge in [0.25, 0.3) is 0 Å². The smallest absolute Gasteiger partial charge is 0.317 e. The van der Waals surface area contributed by atoms with Crippen molar-refractivity contribution in [1.82, 2.24) is 10.2 Å². The van der Waals surface area contributed by atoms with Crippen molar-refractivity contribution in [1.29, 1.82) is 0 Å². The quantitative estimate of drug-likeness (QED) is 0.791. The van der Waals surface area contributed by atoms with Crippen LogP contribution in [0.15, 0.2) is 0 Å². The lowest BCUT2D eigenvalue weighted by molar-refractivity contribution is -0.152. The summed E-state index contributed by atoms with van der Waals surface area (Å²) in [6.45, 7) is 9.15. The van der Waals surface area contributed by atoms with E-state index in [1.54, 1.807) is 4.90 Å². The van der Waals surface area contributed by atoms with Crippen molar-refractivity contribution in [2.45, 2.75) is 65.8 Å². The van der Waals surface area contributed by atoms with Crippen molar-refractivity contribution < 1.29 is 14.7 Å². The summed E-state index contributed by atoms with van der Waals surface area (Å²) in [7, 11) is 0. The van der Waals surface area contributed by atoms with Gasteiger partial charge in [-0.15, -0.1) is 0 Å². The number of piperidine rings is 1. The number of aliphatic carboxylic acids is 1. The van der Waals surface area contributed by atoms with Gasteiger partial charge in [-0.1, -0.05) is 33.6 Å². The van der Waals surface area contributed by atoms with Gasteiger partial charge in [-0.05, 0) is 32.1 Å². The first-order chi connectivity index (χ1) is 9.90. The number of amides is 2. The third-order valence-electron chi connectivity index (χ3n) is 5.10. The summed E-state index contributed by atoms with van der Waals surface area (Å²) in [5.41, 5.74) is -0.770. The fraction of sp³-hybridized carbons (Fsp3) is 0.875. The van der Waals surface area contributed by atoms with Crippen molar-refractivity contribution in [2.75, 3.05) is 13.1 Å². The topological polar surface area (TPSA) is 69.6 Å². The summed E-state index contributed by atoms with van der Waals surface area (Å²) >= 11 is 0. The van der Waals surface area contributed by atoms with E-state index < -0.39 is 11.4 Å². The van der Waals surface area contributed by atoms with Crippen LogP contribution in [0.2, 0.25) is 0 Å². The van der Waals surface area contributed by atoms with Gasteiger partial charge in [0.1, 0.15) is 0 Å². The number of carboxylic acid groups (broad SMARTS) is 1. The minimum atomic E-state index is -0.782. The van der Waals surface area contributed by atoms with Gasteiger partial charge in [0, 0.05) is 19.1 Å². The number of hydrogen-bond donors (Lipinski definition) is 2. The largest absolute Gasteiger partial charge is 0.481 e. The van der Waals surface area contributed by atoms with Crippen LogP contribution >= 0.6 is 0 Å². The normalized spacial score (nSPS) is 24.0. The molecule has 0 saturated carbocycles. The molecule has 1 aliphatic rings. The van der Waals surface area contributed by atoms with Crippen LogP contribution in [-0.2, 0) is 4.79 Å². The predicted octanol–water partition coefficient (Wildman–Crippen LogP) is 3.10. The van der Waals surface area contributed by atoms with Crippen LogP contribution in [-0.4, -0.2) is 41.1 Å². The minimum Gasteiger partial charge on any atom is -0.481 e. The average molecular weight is 298 g/mol. The number of nitrogens with zero attached hydrogens (tertiary/aromatic N) is 1. The first-order valence-electron chi connectivity index (χ1n) is 8.19. The lowest BCUT2D eigenvalue weighted by Crippen LogP contribution is -2.54. The Labute approximate surface area is 128 Å². The molecule has 2 amide bonds. The highest BCUT2D eigenvalue weighted by Crippen LogP contribution is 2.33. The maximum atomic E-state index is 12.4. The summed E-state index contributed by atoms with van der Waals surface area (Å²) in [6.07, 6.45) is 4.05. The maximum Gasteiger partial charge on any atom is 0.317 e. The number of hydrogen-bond acceptors (Lipinski definition) is 2. The Balaban J connectivity index is 2.68. The van der Waals surface area contributed by atoms with E-state index in [0.29, 0.717) is 31.8 Å². The van der Waals surface area contributed by atoms with Crippen LogP contribution in [0.5, 0.6) is 0 Å². The molecule has 122 valence electrons. The zero-order chi connectivity index (χ0) is 16.0. The Hall–Kier alpha value is -1.26. The van der Waals surface area contributed by atoms with E-state index in [1.807, 2.05) is 13.8 Å². The molecule has 2 N–H and O–H groups in total. The zero-order valence-electron chi connectivity index (χ0n) is 13.8. The van der Waals surface area contributed by atoms with Crippen LogP contribution in [0.4, 0.5) is 4.79 Å². The summed E-state index contributed by atoms with van der Waals surface area (Å²) in [6, 6.07) is 0.00320. The third-order valence-corrected chi connectivity index (χ3v) is 5.10. The van der Waals surface area contributed by atoms with Gasteiger partial charge in [0.15, 0.2) is 0 Å². The number of carboxylic acids is 1. The Bertz CT molecular complexity index is 369. The number of carbonyl (C=O) groups excluding carboxylic acids is 1. The second-order valence-corrected chi connectivity index (χ2v) is 6.28. The second kappa shape index (κ2) is 7.66. The minimum absolute atomic E-state index is 0.117. The molecule has 0 bridgehead atoms. The van der Waals surface area contributed by atoms with Crippen molar-refractivity contribution in [3.05, 3.63) is 0 Å².